The van der Waals surface area contributed by atoms with Crippen molar-refractivity contribution in [2.75, 3.05) is 36.0 Å². The Labute approximate surface area is 140 Å². The van der Waals surface area contributed by atoms with E-state index in [1.54, 1.807) is 11.6 Å². The highest BCUT2D eigenvalue weighted by Gasteiger charge is 2.32. The number of hydrogen-bond acceptors (Lipinski definition) is 6. The highest BCUT2D eigenvalue weighted by atomic mass is 19.4. The van der Waals surface area contributed by atoms with Crippen LogP contribution in [0.1, 0.15) is 5.56 Å². The lowest BCUT2D eigenvalue weighted by molar-refractivity contribution is -0.388. The molecule has 3 heterocycles. The maximum atomic E-state index is 12.6. The molecule has 134 valence electrons. The molecule has 0 aromatic carbocycles. The molecule has 0 radical (unpaired) electrons. The molecular weight excluding hydrogens is 341 g/mol. The number of nitrogens with zero attached hydrogens (tertiary/aromatic N) is 6. The van der Waals surface area contributed by atoms with E-state index in [1.165, 1.54) is 12.4 Å². The summed E-state index contributed by atoms with van der Waals surface area (Å²) in [5.41, 5.74) is -0.791. The Morgan fingerprint density at radius 2 is 1.76 bits per heavy atom. The molecule has 0 amide bonds. The molecule has 0 unspecified atom stereocenters. The fourth-order valence-corrected chi connectivity index (χ4v) is 2.79. The molecule has 0 spiro atoms. The van der Waals surface area contributed by atoms with E-state index in [4.69, 9.17) is 0 Å². The Kier molecular flexibility index (Phi) is 4.23. The lowest BCUT2D eigenvalue weighted by Gasteiger charge is -2.36. The third-order valence-electron chi connectivity index (χ3n) is 4.04. The number of pyridine rings is 1. The summed E-state index contributed by atoms with van der Waals surface area (Å²) in [6.45, 7) is 1.92. The van der Waals surface area contributed by atoms with Crippen molar-refractivity contribution in [3.8, 4) is 0 Å². The third-order valence-corrected chi connectivity index (χ3v) is 4.04. The Morgan fingerprint density at radius 3 is 2.28 bits per heavy atom. The van der Waals surface area contributed by atoms with Gasteiger partial charge in [0, 0.05) is 39.4 Å². The quantitative estimate of drug-likeness (QED) is 0.619. The summed E-state index contributed by atoms with van der Waals surface area (Å²) in [4.78, 5) is 21.9. The first-order valence-electron chi connectivity index (χ1n) is 7.46. The minimum atomic E-state index is -4.41. The van der Waals surface area contributed by atoms with Crippen LogP contribution in [0.15, 0.2) is 24.7 Å². The molecule has 11 heteroatoms. The topological polar surface area (TPSA) is 80.3 Å². The van der Waals surface area contributed by atoms with Crippen molar-refractivity contribution >= 4 is 17.5 Å². The van der Waals surface area contributed by atoms with Crippen LogP contribution >= 0.6 is 0 Å². The van der Waals surface area contributed by atoms with E-state index < -0.39 is 16.7 Å². The van der Waals surface area contributed by atoms with Gasteiger partial charge in [0.25, 0.3) is 0 Å². The van der Waals surface area contributed by atoms with Gasteiger partial charge in [-0.25, -0.2) is 4.98 Å². The molecule has 25 heavy (non-hydrogen) atoms. The standard InChI is InChI=1S/C14H15F3N6O2/c1-20-9-19-12(23(24)25)13(20)22-6-4-21(5-7-22)11-3-2-10(8-18-11)14(15,16)17/h2-3,8-9H,4-7H2,1H3. The van der Waals surface area contributed by atoms with Crippen LogP contribution in [0.25, 0.3) is 0 Å². The van der Waals surface area contributed by atoms with Gasteiger partial charge < -0.3 is 19.9 Å². The first kappa shape index (κ1) is 17.0. The molecule has 1 aliphatic rings. The second kappa shape index (κ2) is 6.22. The van der Waals surface area contributed by atoms with Gasteiger partial charge >= 0.3 is 12.0 Å². The summed E-state index contributed by atoms with van der Waals surface area (Å²) >= 11 is 0. The molecule has 0 saturated carbocycles. The second-order valence-electron chi connectivity index (χ2n) is 5.64. The molecular formula is C14H15F3N6O2. The monoisotopic (exact) mass is 356 g/mol. The maximum Gasteiger partial charge on any atom is 0.417 e. The molecule has 2 aromatic heterocycles. The molecule has 1 fully saturated rings. The largest absolute Gasteiger partial charge is 0.417 e. The number of aryl methyl sites for hydroxylation is 1. The summed E-state index contributed by atoms with van der Waals surface area (Å²) in [7, 11) is 1.68. The molecule has 0 bridgehead atoms. The van der Waals surface area contributed by atoms with E-state index in [-0.39, 0.29) is 5.82 Å². The number of aromatic nitrogens is 3. The molecule has 0 atom stereocenters. The predicted octanol–water partition coefficient (Wildman–Crippen LogP) is 2.07. The molecule has 2 aromatic rings. The summed E-state index contributed by atoms with van der Waals surface area (Å²) in [5, 5.41) is 11.1. The van der Waals surface area contributed by atoms with E-state index in [0.29, 0.717) is 37.8 Å². The fraction of sp³-hybridized carbons (Fsp3) is 0.429. The highest BCUT2D eigenvalue weighted by Crippen LogP contribution is 2.30. The van der Waals surface area contributed by atoms with Crippen molar-refractivity contribution in [3.63, 3.8) is 0 Å². The van der Waals surface area contributed by atoms with Crippen LogP contribution in [0.3, 0.4) is 0 Å². The SMILES string of the molecule is Cn1cnc([N+](=O)[O-])c1N1CCN(c2ccc(C(F)(F)F)cn2)CC1. The van der Waals surface area contributed by atoms with Gasteiger partial charge in [0.1, 0.15) is 5.82 Å². The predicted molar refractivity (Wildman–Crippen MR) is 83.5 cm³/mol. The van der Waals surface area contributed by atoms with Crippen molar-refractivity contribution < 1.29 is 18.1 Å². The van der Waals surface area contributed by atoms with Crippen LogP contribution in [0, 0.1) is 10.1 Å². The van der Waals surface area contributed by atoms with Gasteiger partial charge in [-0.3, -0.25) is 4.57 Å². The summed E-state index contributed by atoms with van der Waals surface area (Å²) in [6.07, 6.45) is -2.21. The first-order valence-corrected chi connectivity index (χ1v) is 7.46. The zero-order chi connectivity index (χ0) is 18.2. The number of hydrogen-bond donors (Lipinski definition) is 0. The Bertz CT molecular complexity index is 766. The average molecular weight is 356 g/mol. The summed E-state index contributed by atoms with van der Waals surface area (Å²) < 4.78 is 39.3. The van der Waals surface area contributed by atoms with Crippen LogP contribution in [0.4, 0.5) is 30.6 Å². The number of rotatable bonds is 3. The van der Waals surface area contributed by atoms with Crippen molar-refractivity contribution in [1.82, 2.24) is 14.5 Å². The minimum Gasteiger partial charge on any atom is -0.358 e. The van der Waals surface area contributed by atoms with Gasteiger partial charge in [0.05, 0.1) is 5.56 Å². The maximum absolute atomic E-state index is 12.6. The van der Waals surface area contributed by atoms with E-state index in [2.05, 4.69) is 9.97 Å². The Hall–Kier alpha value is -2.85. The number of piperazine rings is 1. The molecule has 1 saturated heterocycles. The van der Waals surface area contributed by atoms with Crippen LogP contribution in [-0.2, 0) is 13.2 Å². The van der Waals surface area contributed by atoms with Crippen molar-refractivity contribution in [2.45, 2.75) is 6.18 Å². The number of halogens is 3. The fourth-order valence-electron chi connectivity index (χ4n) is 2.79. The first-order chi connectivity index (χ1) is 11.8. The Morgan fingerprint density at radius 1 is 1.12 bits per heavy atom. The van der Waals surface area contributed by atoms with Gasteiger partial charge in [-0.1, -0.05) is 0 Å². The minimum absolute atomic E-state index is 0.205. The van der Waals surface area contributed by atoms with E-state index in [1.807, 2.05) is 9.80 Å². The molecule has 1 aliphatic heterocycles. The average Bonchev–Trinajstić information content (AvgIpc) is 2.96. The van der Waals surface area contributed by atoms with E-state index in [9.17, 15) is 23.3 Å². The van der Waals surface area contributed by atoms with Crippen LogP contribution < -0.4 is 9.80 Å². The Balaban J connectivity index is 1.70. The van der Waals surface area contributed by atoms with Crippen LogP contribution in [0.5, 0.6) is 0 Å². The normalized spacial score (nSPS) is 15.5. The number of anilines is 2. The van der Waals surface area contributed by atoms with Gasteiger partial charge in [-0.05, 0) is 22.0 Å². The molecule has 3 rings (SSSR count). The van der Waals surface area contributed by atoms with E-state index >= 15 is 0 Å². The van der Waals surface area contributed by atoms with Crippen molar-refractivity contribution in [1.29, 1.82) is 0 Å². The number of imidazole rings is 1. The zero-order valence-electron chi connectivity index (χ0n) is 13.3. The lowest BCUT2D eigenvalue weighted by atomic mass is 10.2. The molecule has 0 aliphatic carbocycles. The highest BCUT2D eigenvalue weighted by molar-refractivity contribution is 5.56. The van der Waals surface area contributed by atoms with Gasteiger partial charge in [-0.15, -0.1) is 0 Å². The third kappa shape index (κ3) is 3.35. The summed E-state index contributed by atoms with van der Waals surface area (Å²) in [5.74, 6) is 0.667. The van der Waals surface area contributed by atoms with Gasteiger partial charge in [0.2, 0.25) is 12.1 Å². The van der Waals surface area contributed by atoms with Gasteiger partial charge in [0.15, 0.2) is 0 Å². The molecule has 8 nitrogen and oxygen atoms in total. The van der Waals surface area contributed by atoms with Crippen LogP contribution in [0.2, 0.25) is 0 Å². The second-order valence-corrected chi connectivity index (χ2v) is 5.64. The van der Waals surface area contributed by atoms with Gasteiger partial charge in [-0.2, -0.15) is 13.2 Å². The van der Waals surface area contributed by atoms with Crippen LogP contribution in [-0.4, -0.2) is 45.6 Å². The van der Waals surface area contributed by atoms with Crippen molar-refractivity contribution in [2.24, 2.45) is 7.05 Å². The lowest BCUT2D eigenvalue weighted by Crippen LogP contribution is -2.47. The smallest absolute Gasteiger partial charge is 0.358 e. The number of alkyl halides is 3. The zero-order valence-corrected chi connectivity index (χ0v) is 13.3. The van der Waals surface area contributed by atoms with Crippen molar-refractivity contribution in [3.05, 3.63) is 40.3 Å². The number of nitro groups is 1. The molecule has 0 N–H and O–H groups in total. The summed E-state index contributed by atoms with van der Waals surface area (Å²) in [6, 6.07) is 2.34. The van der Waals surface area contributed by atoms with E-state index in [0.717, 1.165) is 12.3 Å².